The molecule has 1 atom stereocenters. The molecule has 0 N–H and O–H groups in total. The first kappa shape index (κ1) is 14.1. The SMILES string of the molecule is CCOC(=O)CN1C(=O)c2c(ccc3ccccc23)C1C#N. The zero-order chi connectivity index (χ0) is 15.7. The average molecular weight is 294 g/mol. The lowest BCUT2D eigenvalue weighted by Crippen LogP contribution is -2.33. The van der Waals surface area contributed by atoms with Gasteiger partial charge in [0.25, 0.3) is 5.91 Å². The number of carbonyl (C=O) groups excluding carboxylic acids is 2. The van der Waals surface area contributed by atoms with Gasteiger partial charge >= 0.3 is 5.97 Å². The Labute approximate surface area is 127 Å². The van der Waals surface area contributed by atoms with Gasteiger partial charge in [-0.05, 0) is 17.7 Å². The van der Waals surface area contributed by atoms with E-state index in [1.54, 1.807) is 13.0 Å². The second-order valence-corrected chi connectivity index (χ2v) is 5.02. The van der Waals surface area contributed by atoms with Crippen molar-refractivity contribution >= 4 is 22.6 Å². The molecule has 0 saturated heterocycles. The molecule has 2 aromatic carbocycles. The van der Waals surface area contributed by atoms with Crippen LogP contribution in [0.15, 0.2) is 36.4 Å². The zero-order valence-corrected chi connectivity index (χ0v) is 12.1. The van der Waals surface area contributed by atoms with Crippen LogP contribution in [0, 0.1) is 11.3 Å². The highest BCUT2D eigenvalue weighted by molar-refractivity contribution is 6.11. The standard InChI is InChI=1S/C17H14N2O3/c1-2-22-15(20)10-19-14(9-18)13-8-7-11-5-3-4-6-12(11)16(13)17(19)21/h3-8,14H,2,10H2,1H3. The highest BCUT2D eigenvalue weighted by atomic mass is 16.5. The first-order valence-electron chi connectivity index (χ1n) is 7.05. The minimum absolute atomic E-state index is 0.214. The van der Waals surface area contributed by atoms with E-state index in [4.69, 9.17) is 4.74 Å². The van der Waals surface area contributed by atoms with Crippen molar-refractivity contribution in [2.24, 2.45) is 0 Å². The fraction of sp³-hybridized carbons (Fsp3) is 0.235. The fourth-order valence-corrected chi connectivity index (χ4v) is 2.83. The van der Waals surface area contributed by atoms with Crippen LogP contribution in [0.4, 0.5) is 0 Å². The second-order valence-electron chi connectivity index (χ2n) is 5.02. The maximum Gasteiger partial charge on any atom is 0.325 e. The lowest BCUT2D eigenvalue weighted by molar-refractivity contribution is -0.144. The molecular formula is C17H14N2O3. The highest BCUT2D eigenvalue weighted by Gasteiger charge is 2.39. The molecule has 22 heavy (non-hydrogen) atoms. The van der Waals surface area contributed by atoms with E-state index in [2.05, 4.69) is 6.07 Å². The molecule has 1 unspecified atom stereocenters. The summed E-state index contributed by atoms with van der Waals surface area (Å²) in [6, 6.07) is 12.5. The third-order valence-electron chi connectivity index (χ3n) is 3.77. The van der Waals surface area contributed by atoms with Gasteiger partial charge in [-0.3, -0.25) is 9.59 Å². The summed E-state index contributed by atoms with van der Waals surface area (Å²) in [6.07, 6.45) is 0. The van der Waals surface area contributed by atoms with Crippen molar-refractivity contribution in [2.75, 3.05) is 13.2 Å². The Kier molecular flexibility index (Phi) is 3.51. The number of carbonyl (C=O) groups is 2. The van der Waals surface area contributed by atoms with Gasteiger partial charge in [-0.25, -0.2) is 0 Å². The molecule has 2 aromatic rings. The molecular weight excluding hydrogens is 280 g/mol. The maximum atomic E-state index is 12.7. The normalized spacial score (nSPS) is 16.5. The summed E-state index contributed by atoms with van der Waals surface area (Å²) in [7, 11) is 0. The summed E-state index contributed by atoms with van der Waals surface area (Å²) in [6.45, 7) is 1.73. The monoisotopic (exact) mass is 294 g/mol. The predicted molar refractivity (Wildman–Crippen MR) is 80.0 cm³/mol. The average Bonchev–Trinajstić information content (AvgIpc) is 2.80. The summed E-state index contributed by atoms with van der Waals surface area (Å²) in [5.74, 6) is -0.806. The molecule has 1 amide bonds. The predicted octanol–water partition coefficient (Wildman–Crippen LogP) is 2.42. The third-order valence-corrected chi connectivity index (χ3v) is 3.77. The molecule has 0 aromatic heterocycles. The first-order valence-corrected chi connectivity index (χ1v) is 7.05. The lowest BCUT2D eigenvalue weighted by atomic mass is 9.98. The number of amides is 1. The van der Waals surface area contributed by atoms with E-state index in [9.17, 15) is 14.9 Å². The maximum absolute atomic E-state index is 12.7. The van der Waals surface area contributed by atoms with Crippen LogP contribution >= 0.6 is 0 Å². The molecule has 0 aliphatic carbocycles. The topological polar surface area (TPSA) is 70.4 Å². The van der Waals surface area contributed by atoms with Gasteiger partial charge in [0.05, 0.1) is 18.2 Å². The van der Waals surface area contributed by atoms with Gasteiger partial charge < -0.3 is 9.64 Å². The molecule has 0 saturated carbocycles. The summed E-state index contributed by atoms with van der Waals surface area (Å²) in [5.41, 5.74) is 1.16. The Balaban J connectivity index is 2.07. The number of hydrogen-bond donors (Lipinski definition) is 0. The summed E-state index contributed by atoms with van der Waals surface area (Å²) < 4.78 is 4.89. The number of rotatable bonds is 3. The Morgan fingerprint density at radius 2 is 2.09 bits per heavy atom. The lowest BCUT2D eigenvalue weighted by Gasteiger charge is -2.18. The molecule has 1 aliphatic heterocycles. The van der Waals surface area contributed by atoms with E-state index in [1.165, 1.54) is 4.90 Å². The summed E-state index contributed by atoms with van der Waals surface area (Å²) in [4.78, 5) is 25.7. The third kappa shape index (κ3) is 2.09. The molecule has 0 fully saturated rings. The van der Waals surface area contributed by atoms with Gasteiger partial charge in [0, 0.05) is 5.56 Å². The van der Waals surface area contributed by atoms with Crippen molar-refractivity contribution in [1.82, 2.24) is 4.90 Å². The number of esters is 1. The minimum Gasteiger partial charge on any atom is -0.465 e. The molecule has 0 radical (unpaired) electrons. The van der Waals surface area contributed by atoms with Crippen molar-refractivity contribution in [3.8, 4) is 6.07 Å². The largest absolute Gasteiger partial charge is 0.465 e. The molecule has 1 heterocycles. The van der Waals surface area contributed by atoms with Crippen LogP contribution in [0.1, 0.15) is 28.9 Å². The fourth-order valence-electron chi connectivity index (χ4n) is 2.83. The van der Waals surface area contributed by atoms with Crippen LogP contribution in [-0.4, -0.2) is 29.9 Å². The van der Waals surface area contributed by atoms with E-state index in [1.807, 2.05) is 30.3 Å². The smallest absolute Gasteiger partial charge is 0.325 e. The van der Waals surface area contributed by atoms with E-state index >= 15 is 0 Å². The number of hydrogen-bond acceptors (Lipinski definition) is 4. The highest BCUT2D eigenvalue weighted by Crippen LogP contribution is 2.37. The molecule has 110 valence electrons. The number of nitriles is 1. The Morgan fingerprint density at radius 3 is 2.82 bits per heavy atom. The van der Waals surface area contributed by atoms with Gasteiger partial charge in [-0.2, -0.15) is 5.26 Å². The van der Waals surface area contributed by atoms with Gasteiger partial charge in [0.15, 0.2) is 0 Å². The van der Waals surface area contributed by atoms with Crippen molar-refractivity contribution in [3.63, 3.8) is 0 Å². The molecule has 1 aliphatic rings. The quantitative estimate of drug-likeness (QED) is 0.815. The Bertz CT molecular complexity index is 807. The summed E-state index contributed by atoms with van der Waals surface area (Å²) >= 11 is 0. The second kappa shape index (κ2) is 5.49. The van der Waals surface area contributed by atoms with Crippen LogP contribution in [0.3, 0.4) is 0 Å². The first-order chi connectivity index (χ1) is 10.7. The van der Waals surface area contributed by atoms with E-state index < -0.39 is 12.0 Å². The molecule has 5 nitrogen and oxygen atoms in total. The van der Waals surface area contributed by atoms with Gasteiger partial charge in [-0.15, -0.1) is 0 Å². The van der Waals surface area contributed by atoms with E-state index in [0.717, 1.165) is 10.8 Å². The van der Waals surface area contributed by atoms with Gasteiger partial charge in [-0.1, -0.05) is 36.4 Å². The minimum atomic E-state index is -0.753. The Morgan fingerprint density at radius 1 is 1.32 bits per heavy atom. The van der Waals surface area contributed by atoms with Gasteiger partial charge in [0.1, 0.15) is 12.6 Å². The van der Waals surface area contributed by atoms with Crippen LogP contribution < -0.4 is 0 Å². The van der Waals surface area contributed by atoms with Crippen LogP contribution in [-0.2, 0) is 9.53 Å². The van der Waals surface area contributed by atoms with Crippen molar-refractivity contribution in [2.45, 2.75) is 13.0 Å². The number of ether oxygens (including phenoxy) is 1. The molecule has 5 heteroatoms. The van der Waals surface area contributed by atoms with Crippen LogP contribution in [0.25, 0.3) is 10.8 Å². The van der Waals surface area contributed by atoms with E-state index in [0.29, 0.717) is 11.1 Å². The van der Waals surface area contributed by atoms with Crippen molar-refractivity contribution in [3.05, 3.63) is 47.5 Å². The van der Waals surface area contributed by atoms with Crippen LogP contribution in [0.5, 0.6) is 0 Å². The van der Waals surface area contributed by atoms with Gasteiger partial charge in [0.2, 0.25) is 0 Å². The number of benzene rings is 2. The van der Waals surface area contributed by atoms with Crippen molar-refractivity contribution < 1.29 is 14.3 Å². The zero-order valence-electron chi connectivity index (χ0n) is 12.1. The van der Waals surface area contributed by atoms with E-state index in [-0.39, 0.29) is 19.1 Å². The molecule has 3 rings (SSSR count). The summed E-state index contributed by atoms with van der Waals surface area (Å²) in [5, 5.41) is 11.2. The Hall–Kier alpha value is -2.87. The molecule has 0 bridgehead atoms. The number of fused-ring (bicyclic) bond motifs is 3. The molecule has 0 spiro atoms. The number of nitrogens with zero attached hydrogens (tertiary/aromatic N) is 2. The van der Waals surface area contributed by atoms with Crippen LogP contribution in [0.2, 0.25) is 0 Å². The van der Waals surface area contributed by atoms with Crippen molar-refractivity contribution in [1.29, 1.82) is 5.26 Å².